The molecule has 1 amide bonds. The zero-order valence-electron chi connectivity index (χ0n) is 22.8. The number of likely N-dealkylation sites (N-methyl/N-ethyl adjacent to an activating group) is 1. The first-order chi connectivity index (χ1) is 20.0. The Morgan fingerprint density at radius 2 is 1.76 bits per heavy atom. The van der Waals surface area contributed by atoms with Crippen LogP contribution in [0.5, 0.6) is 5.75 Å². The molecule has 0 radical (unpaired) electrons. The minimum Gasteiger partial charge on any atom is -0.487 e. The van der Waals surface area contributed by atoms with E-state index in [1.165, 1.54) is 17.2 Å². The fourth-order valence-corrected chi connectivity index (χ4v) is 5.80. The highest BCUT2D eigenvalue weighted by Gasteiger charge is 2.24. The molecule has 0 aliphatic rings. The maximum Gasteiger partial charge on any atom is 0.232 e. The molecule has 0 saturated heterocycles. The smallest absolute Gasteiger partial charge is 0.232 e. The van der Waals surface area contributed by atoms with E-state index in [4.69, 9.17) is 51.1 Å². The van der Waals surface area contributed by atoms with E-state index in [-0.39, 0.29) is 34.8 Å². The molecule has 0 unspecified atom stereocenters. The number of nitrogens with zero attached hydrogens (tertiary/aromatic N) is 4. The number of pyridine rings is 2. The summed E-state index contributed by atoms with van der Waals surface area (Å²) in [5.74, 6) is 0.0430. The van der Waals surface area contributed by atoms with Crippen molar-refractivity contribution in [1.29, 1.82) is 0 Å². The van der Waals surface area contributed by atoms with Gasteiger partial charge < -0.3 is 14.2 Å². The first-order valence-corrected chi connectivity index (χ1v) is 14.3. The van der Waals surface area contributed by atoms with Crippen LogP contribution < -0.4 is 9.64 Å². The van der Waals surface area contributed by atoms with Gasteiger partial charge in [-0.2, -0.15) is 0 Å². The molecule has 3 heterocycles. The third kappa shape index (κ3) is 5.96. The molecule has 5 rings (SSSR count). The van der Waals surface area contributed by atoms with Crippen LogP contribution in [0.15, 0.2) is 66.9 Å². The van der Waals surface area contributed by atoms with Gasteiger partial charge in [-0.3, -0.25) is 9.59 Å². The van der Waals surface area contributed by atoms with Crippen LogP contribution >= 0.6 is 46.4 Å². The van der Waals surface area contributed by atoms with E-state index in [0.717, 1.165) is 16.6 Å². The van der Waals surface area contributed by atoms with Crippen LogP contribution in [0, 0.1) is 6.92 Å². The lowest BCUT2D eigenvalue weighted by molar-refractivity contribution is -0.117. The number of fused-ring (bicyclic) bond motifs is 1. The number of para-hydroxylation sites is 1. The Kier molecular flexibility index (Phi) is 8.76. The number of carbonyl (C=O) groups is 2. The van der Waals surface area contributed by atoms with Gasteiger partial charge in [-0.15, -0.1) is 0 Å². The number of ether oxygens (including phenoxy) is 1. The first kappa shape index (κ1) is 29.9. The number of aromatic nitrogens is 3. The maximum atomic E-state index is 13.4. The van der Waals surface area contributed by atoms with Gasteiger partial charge in [0.2, 0.25) is 11.7 Å². The number of aryl methyl sites for hydroxylation is 1. The second-order valence-corrected chi connectivity index (χ2v) is 11.2. The van der Waals surface area contributed by atoms with E-state index >= 15 is 0 Å². The molecule has 0 saturated carbocycles. The summed E-state index contributed by atoms with van der Waals surface area (Å²) in [6.07, 6.45) is 1.40. The number of halogens is 4. The molecular formula is C31H24Cl4N4O3. The first-order valence-electron chi connectivity index (χ1n) is 12.8. The number of benzene rings is 2. The van der Waals surface area contributed by atoms with Crippen molar-refractivity contribution in [2.45, 2.75) is 20.0 Å². The average molecular weight is 642 g/mol. The highest BCUT2D eigenvalue weighted by Crippen LogP contribution is 2.41. The summed E-state index contributed by atoms with van der Waals surface area (Å²) in [6.45, 7) is 1.94. The molecule has 7 nitrogen and oxygen atoms in total. The van der Waals surface area contributed by atoms with E-state index in [9.17, 15) is 9.59 Å². The van der Waals surface area contributed by atoms with Gasteiger partial charge in [-0.1, -0.05) is 64.6 Å². The lowest BCUT2D eigenvalue weighted by Gasteiger charge is -2.23. The minimum absolute atomic E-state index is 0.0126. The molecular weight excluding hydrogens is 618 g/mol. The lowest BCUT2D eigenvalue weighted by atomic mass is 10.1. The van der Waals surface area contributed by atoms with Crippen molar-refractivity contribution in [3.8, 4) is 5.75 Å². The van der Waals surface area contributed by atoms with Crippen LogP contribution in [-0.2, 0) is 24.9 Å². The Hall–Kier alpha value is -3.62. The fraction of sp³-hybridized carbons (Fsp3) is 0.161. The molecule has 42 heavy (non-hydrogen) atoms. The monoisotopic (exact) mass is 640 g/mol. The summed E-state index contributed by atoms with van der Waals surface area (Å²) in [7, 11) is 3.31. The van der Waals surface area contributed by atoms with Gasteiger partial charge in [0, 0.05) is 48.2 Å². The number of amides is 1. The molecule has 214 valence electrons. The second kappa shape index (κ2) is 12.3. The van der Waals surface area contributed by atoms with Crippen LogP contribution in [0.1, 0.15) is 33.0 Å². The van der Waals surface area contributed by atoms with Crippen molar-refractivity contribution in [2.24, 2.45) is 7.05 Å². The van der Waals surface area contributed by atoms with Gasteiger partial charge in [-0.05, 0) is 49.4 Å². The van der Waals surface area contributed by atoms with E-state index in [1.54, 1.807) is 42.9 Å². The Labute approximate surface area is 262 Å². The zero-order chi connectivity index (χ0) is 30.1. The van der Waals surface area contributed by atoms with Crippen molar-refractivity contribution in [3.05, 3.63) is 115 Å². The molecule has 5 aromatic rings. The van der Waals surface area contributed by atoms with Crippen LogP contribution in [0.4, 0.5) is 5.69 Å². The van der Waals surface area contributed by atoms with Gasteiger partial charge in [0.25, 0.3) is 0 Å². The molecule has 0 bridgehead atoms. The van der Waals surface area contributed by atoms with E-state index < -0.39 is 0 Å². The van der Waals surface area contributed by atoms with Crippen molar-refractivity contribution in [1.82, 2.24) is 14.5 Å². The van der Waals surface area contributed by atoms with Gasteiger partial charge in [-0.25, -0.2) is 9.97 Å². The van der Waals surface area contributed by atoms with Crippen LogP contribution in [0.25, 0.3) is 10.9 Å². The highest BCUT2D eigenvalue weighted by molar-refractivity contribution is 6.43. The fourth-order valence-electron chi connectivity index (χ4n) is 4.56. The van der Waals surface area contributed by atoms with Gasteiger partial charge in [0.05, 0.1) is 32.9 Å². The van der Waals surface area contributed by atoms with Crippen LogP contribution in [0.2, 0.25) is 20.2 Å². The predicted molar refractivity (Wildman–Crippen MR) is 167 cm³/mol. The van der Waals surface area contributed by atoms with Gasteiger partial charge >= 0.3 is 0 Å². The molecule has 0 aliphatic carbocycles. The maximum absolute atomic E-state index is 13.4. The summed E-state index contributed by atoms with van der Waals surface area (Å²) < 4.78 is 7.79. The largest absolute Gasteiger partial charge is 0.487 e. The van der Waals surface area contributed by atoms with Gasteiger partial charge in [0.1, 0.15) is 23.0 Å². The van der Waals surface area contributed by atoms with E-state index in [1.807, 2.05) is 37.3 Å². The topological polar surface area (TPSA) is 77.3 Å². The minimum atomic E-state index is -0.296. The molecule has 0 fully saturated rings. The van der Waals surface area contributed by atoms with Crippen molar-refractivity contribution >= 4 is 74.7 Å². The molecule has 3 aromatic heterocycles. The SMILES string of the molecule is Cc1ccc2cccc(OCc3c(Cl)cc(Cl)c(N(C)C(=O)Cc4ccc(C(=O)c5ccc(Cl)nc5)n4C)c3Cl)c2n1. The molecule has 0 atom stereocenters. The van der Waals surface area contributed by atoms with Gasteiger partial charge in [0.15, 0.2) is 0 Å². The molecule has 0 N–H and O–H groups in total. The van der Waals surface area contributed by atoms with E-state index in [0.29, 0.717) is 44.1 Å². The molecule has 11 heteroatoms. The summed E-state index contributed by atoms with van der Waals surface area (Å²) in [6, 6.07) is 17.7. The molecule has 0 aliphatic heterocycles. The quantitative estimate of drug-likeness (QED) is 0.127. The third-order valence-corrected chi connectivity index (χ3v) is 8.18. The Morgan fingerprint density at radius 1 is 0.976 bits per heavy atom. The second-order valence-electron chi connectivity index (χ2n) is 9.65. The van der Waals surface area contributed by atoms with Crippen molar-refractivity contribution < 1.29 is 14.3 Å². The Balaban J connectivity index is 1.37. The number of anilines is 1. The van der Waals surface area contributed by atoms with Crippen molar-refractivity contribution in [3.63, 3.8) is 0 Å². The predicted octanol–water partition coefficient (Wildman–Crippen LogP) is 7.91. The van der Waals surface area contributed by atoms with Crippen molar-refractivity contribution in [2.75, 3.05) is 11.9 Å². The van der Waals surface area contributed by atoms with Crippen LogP contribution in [-0.4, -0.2) is 33.3 Å². The highest BCUT2D eigenvalue weighted by atomic mass is 35.5. The van der Waals surface area contributed by atoms with Crippen LogP contribution in [0.3, 0.4) is 0 Å². The number of hydrogen-bond donors (Lipinski definition) is 0. The average Bonchev–Trinajstić information content (AvgIpc) is 3.32. The lowest BCUT2D eigenvalue weighted by Crippen LogP contribution is -2.29. The number of carbonyl (C=O) groups excluding carboxylic acids is 2. The summed E-state index contributed by atoms with van der Waals surface area (Å²) in [5.41, 5.74) is 3.78. The summed E-state index contributed by atoms with van der Waals surface area (Å²) in [4.78, 5) is 36.4. The third-order valence-electron chi connectivity index (χ3n) is 6.93. The normalized spacial score (nSPS) is 11.1. The molecule has 2 aromatic carbocycles. The molecule has 0 spiro atoms. The Morgan fingerprint density at radius 3 is 2.50 bits per heavy atom. The zero-order valence-corrected chi connectivity index (χ0v) is 25.8. The number of rotatable bonds is 8. The van der Waals surface area contributed by atoms with E-state index in [2.05, 4.69) is 9.97 Å². The summed E-state index contributed by atoms with van der Waals surface area (Å²) in [5, 5.41) is 1.95. The standard InChI is InChI=1S/C31H24Cl4N4O3/c1-17-7-8-18-5-4-6-25(29(18)37-17)42-16-21-22(32)14-23(33)30(28(21)35)39(3)27(40)13-20-10-11-24(38(20)2)31(41)19-9-12-26(34)36-15-19/h4-12,14-15H,13,16H2,1-3H3. The number of hydrogen-bond acceptors (Lipinski definition) is 5. The number of ketones is 1. The summed E-state index contributed by atoms with van der Waals surface area (Å²) >= 11 is 25.7. The Bertz CT molecular complexity index is 1840.